The van der Waals surface area contributed by atoms with E-state index in [0.29, 0.717) is 42.7 Å². The first kappa shape index (κ1) is 25.9. The fourth-order valence-corrected chi connectivity index (χ4v) is 4.42. The third-order valence-electron chi connectivity index (χ3n) is 6.61. The van der Waals surface area contributed by atoms with Crippen LogP contribution in [-0.4, -0.2) is 55.6 Å². The smallest absolute Gasteiger partial charge is 0.411 e. The minimum Gasteiger partial charge on any atom is -0.446 e. The molecule has 1 aliphatic heterocycles. The molecule has 0 bridgehead atoms. The fraction of sp³-hybridized carbons (Fsp3) is 0.276. The predicted octanol–water partition coefficient (Wildman–Crippen LogP) is 4.52. The van der Waals surface area contributed by atoms with Gasteiger partial charge in [-0.2, -0.15) is 0 Å². The Balaban J connectivity index is 1.21. The summed E-state index contributed by atoms with van der Waals surface area (Å²) in [7, 11) is 1.72. The van der Waals surface area contributed by atoms with Gasteiger partial charge < -0.3 is 20.3 Å². The number of anilines is 2. The van der Waals surface area contributed by atoms with Crippen molar-refractivity contribution < 1.29 is 19.1 Å². The highest BCUT2D eigenvalue weighted by molar-refractivity contribution is 5.95. The number of carbonyl (C=O) groups excluding carboxylic acids is 3. The van der Waals surface area contributed by atoms with E-state index >= 15 is 0 Å². The molecule has 3 N–H and O–H groups in total. The van der Waals surface area contributed by atoms with E-state index in [1.807, 2.05) is 54.6 Å². The van der Waals surface area contributed by atoms with Gasteiger partial charge >= 0.3 is 6.09 Å². The van der Waals surface area contributed by atoms with Gasteiger partial charge in [0.2, 0.25) is 11.8 Å². The zero-order valence-corrected chi connectivity index (χ0v) is 20.9. The summed E-state index contributed by atoms with van der Waals surface area (Å²) in [5, 5.41) is 2.89. The van der Waals surface area contributed by atoms with Crippen LogP contribution in [0.2, 0.25) is 0 Å². The van der Waals surface area contributed by atoms with Gasteiger partial charge in [-0.3, -0.25) is 14.9 Å². The van der Waals surface area contributed by atoms with Gasteiger partial charge in [0.15, 0.2) is 0 Å². The maximum absolute atomic E-state index is 12.6. The molecule has 3 amide bonds. The minimum atomic E-state index is -0.498. The van der Waals surface area contributed by atoms with Crippen LogP contribution in [0.15, 0.2) is 78.9 Å². The van der Waals surface area contributed by atoms with Gasteiger partial charge in [-0.1, -0.05) is 48.5 Å². The molecule has 192 valence electrons. The van der Waals surface area contributed by atoms with E-state index in [2.05, 4.69) is 10.2 Å². The molecule has 1 fully saturated rings. The van der Waals surface area contributed by atoms with Crippen LogP contribution in [0.5, 0.6) is 0 Å². The number of likely N-dealkylation sites (tertiary alicyclic amines) is 1. The maximum atomic E-state index is 12.6. The van der Waals surface area contributed by atoms with Crippen LogP contribution in [0.25, 0.3) is 11.1 Å². The molecule has 4 rings (SSSR count). The summed E-state index contributed by atoms with van der Waals surface area (Å²) < 4.78 is 5.70. The molecule has 0 saturated carbocycles. The van der Waals surface area contributed by atoms with Crippen LogP contribution >= 0.6 is 0 Å². The first-order valence-corrected chi connectivity index (χ1v) is 12.4. The standard InChI is InChI=1S/C29H32N4O4/c1-32(23-13-11-22(12-14-23)28(30)35)27(34)17-20-33-18-15-24(16-19-33)37-29(36)31-26-10-6-5-9-25(26)21-7-3-2-4-8-21/h2-14,24H,15-20H2,1H3,(H2,30,35)(H,31,36). The number of carbonyl (C=O) groups is 3. The second kappa shape index (κ2) is 12.2. The molecule has 0 aliphatic carbocycles. The zero-order valence-electron chi connectivity index (χ0n) is 20.9. The summed E-state index contributed by atoms with van der Waals surface area (Å²) in [6, 6.07) is 24.2. The Bertz CT molecular complexity index is 1220. The van der Waals surface area contributed by atoms with E-state index in [-0.39, 0.29) is 12.0 Å². The summed E-state index contributed by atoms with van der Waals surface area (Å²) in [5.74, 6) is -0.510. The summed E-state index contributed by atoms with van der Waals surface area (Å²) in [5.41, 5.74) is 9.06. The third kappa shape index (κ3) is 6.95. The molecule has 1 saturated heterocycles. The van der Waals surface area contributed by atoms with Gasteiger partial charge in [0.05, 0.1) is 5.69 Å². The SMILES string of the molecule is CN(C(=O)CCN1CCC(OC(=O)Nc2ccccc2-c2ccccc2)CC1)c1ccc(C(N)=O)cc1. The Morgan fingerprint density at radius 1 is 0.946 bits per heavy atom. The van der Waals surface area contributed by atoms with Crippen molar-refractivity contribution in [3.8, 4) is 11.1 Å². The van der Waals surface area contributed by atoms with E-state index in [1.54, 1.807) is 36.2 Å². The van der Waals surface area contributed by atoms with Crippen molar-refractivity contribution in [3.63, 3.8) is 0 Å². The van der Waals surface area contributed by atoms with Crippen LogP contribution in [0, 0.1) is 0 Å². The topological polar surface area (TPSA) is 105 Å². The second-order valence-electron chi connectivity index (χ2n) is 9.10. The number of amides is 3. The Hall–Kier alpha value is -4.17. The molecule has 1 aliphatic rings. The zero-order chi connectivity index (χ0) is 26.2. The number of nitrogens with two attached hydrogens (primary N) is 1. The van der Waals surface area contributed by atoms with E-state index in [1.165, 1.54) is 0 Å². The normalized spacial score (nSPS) is 14.1. The number of para-hydroxylation sites is 1. The lowest BCUT2D eigenvalue weighted by Gasteiger charge is -2.31. The first-order valence-electron chi connectivity index (χ1n) is 12.4. The van der Waals surface area contributed by atoms with Crippen LogP contribution < -0.4 is 16.0 Å². The highest BCUT2D eigenvalue weighted by atomic mass is 16.6. The average molecular weight is 501 g/mol. The van der Waals surface area contributed by atoms with E-state index in [9.17, 15) is 14.4 Å². The van der Waals surface area contributed by atoms with Crippen LogP contribution in [0.4, 0.5) is 16.2 Å². The quantitative estimate of drug-likeness (QED) is 0.473. The highest BCUT2D eigenvalue weighted by Gasteiger charge is 2.23. The number of benzene rings is 3. The van der Waals surface area contributed by atoms with Gasteiger partial charge in [-0.25, -0.2) is 4.79 Å². The molecule has 0 radical (unpaired) electrons. The number of hydrogen-bond donors (Lipinski definition) is 2. The number of nitrogens with one attached hydrogen (secondary N) is 1. The number of hydrogen-bond acceptors (Lipinski definition) is 5. The van der Waals surface area contributed by atoms with Crippen molar-refractivity contribution in [1.82, 2.24) is 4.90 Å². The van der Waals surface area contributed by atoms with E-state index in [0.717, 1.165) is 24.2 Å². The summed E-state index contributed by atoms with van der Waals surface area (Å²) in [6.45, 7) is 2.14. The molecule has 0 unspecified atom stereocenters. The Kier molecular flexibility index (Phi) is 8.53. The highest BCUT2D eigenvalue weighted by Crippen LogP contribution is 2.28. The number of nitrogens with zero attached hydrogens (tertiary/aromatic N) is 2. The number of piperidine rings is 1. The van der Waals surface area contributed by atoms with Crippen LogP contribution in [0.3, 0.4) is 0 Å². The summed E-state index contributed by atoms with van der Waals surface area (Å²) in [4.78, 5) is 40.3. The minimum absolute atomic E-state index is 0.0124. The van der Waals surface area contributed by atoms with Crippen molar-refractivity contribution in [3.05, 3.63) is 84.4 Å². The monoisotopic (exact) mass is 500 g/mol. The molecular formula is C29H32N4O4. The molecule has 1 heterocycles. The van der Waals surface area contributed by atoms with E-state index in [4.69, 9.17) is 10.5 Å². The third-order valence-corrected chi connectivity index (χ3v) is 6.61. The summed E-state index contributed by atoms with van der Waals surface area (Å²) >= 11 is 0. The lowest BCUT2D eigenvalue weighted by atomic mass is 10.0. The molecule has 37 heavy (non-hydrogen) atoms. The van der Waals surface area contributed by atoms with Gasteiger partial charge in [0.1, 0.15) is 6.10 Å². The molecule has 0 spiro atoms. The molecular weight excluding hydrogens is 468 g/mol. The first-order chi connectivity index (χ1) is 17.9. The average Bonchev–Trinajstić information content (AvgIpc) is 2.93. The van der Waals surface area contributed by atoms with Crippen LogP contribution in [-0.2, 0) is 9.53 Å². The van der Waals surface area contributed by atoms with Crippen molar-refractivity contribution in [2.45, 2.75) is 25.4 Å². The Morgan fingerprint density at radius 3 is 2.27 bits per heavy atom. The van der Waals surface area contributed by atoms with Gasteiger partial charge in [0.25, 0.3) is 0 Å². The lowest BCUT2D eigenvalue weighted by molar-refractivity contribution is -0.118. The molecule has 3 aromatic rings. The van der Waals surface area contributed by atoms with Crippen molar-refractivity contribution in [2.75, 3.05) is 36.9 Å². The largest absolute Gasteiger partial charge is 0.446 e. The van der Waals surface area contributed by atoms with Crippen molar-refractivity contribution >= 4 is 29.3 Å². The fourth-order valence-electron chi connectivity index (χ4n) is 4.42. The lowest BCUT2D eigenvalue weighted by Crippen LogP contribution is -2.40. The second-order valence-corrected chi connectivity index (χ2v) is 9.10. The van der Waals surface area contributed by atoms with Crippen LogP contribution in [0.1, 0.15) is 29.6 Å². The van der Waals surface area contributed by atoms with Crippen molar-refractivity contribution in [1.29, 1.82) is 0 Å². The molecule has 8 nitrogen and oxygen atoms in total. The van der Waals surface area contributed by atoms with Crippen molar-refractivity contribution in [2.24, 2.45) is 5.73 Å². The number of ether oxygens (including phenoxy) is 1. The predicted molar refractivity (Wildman–Crippen MR) is 144 cm³/mol. The Labute approximate surface area is 217 Å². The maximum Gasteiger partial charge on any atom is 0.411 e. The van der Waals surface area contributed by atoms with Gasteiger partial charge in [-0.05, 0) is 48.7 Å². The number of rotatable bonds is 8. The summed E-state index contributed by atoms with van der Waals surface area (Å²) in [6.07, 6.45) is 1.18. The molecule has 3 aromatic carbocycles. The Morgan fingerprint density at radius 2 is 1.59 bits per heavy atom. The van der Waals surface area contributed by atoms with E-state index < -0.39 is 12.0 Å². The molecule has 0 atom stereocenters. The molecule has 0 aromatic heterocycles. The number of primary amides is 1. The molecule has 8 heteroatoms. The van der Waals surface area contributed by atoms with Gasteiger partial charge in [-0.15, -0.1) is 0 Å². The van der Waals surface area contributed by atoms with Gasteiger partial charge in [0, 0.05) is 49.9 Å².